The summed E-state index contributed by atoms with van der Waals surface area (Å²) in [6, 6.07) is 6.65. The fourth-order valence-electron chi connectivity index (χ4n) is 2.59. The summed E-state index contributed by atoms with van der Waals surface area (Å²) in [7, 11) is 0. The molecule has 1 aliphatic rings. The van der Waals surface area contributed by atoms with Gasteiger partial charge in [0.1, 0.15) is 11.9 Å². The number of alkyl halides is 1. The zero-order valence-electron chi connectivity index (χ0n) is 10.9. The molecular formula is C15H21BrO. The van der Waals surface area contributed by atoms with Gasteiger partial charge in [0.05, 0.1) is 0 Å². The summed E-state index contributed by atoms with van der Waals surface area (Å²) < 4.78 is 5.74. The lowest BCUT2D eigenvalue weighted by molar-refractivity contribution is 0.254. The minimum Gasteiger partial charge on any atom is -0.490 e. The molecule has 0 fully saturated rings. The van der Waals surface area contributed by atoms with Gasteiger partial charge in [-0.1, -0.05) is 54.8 Å². The second kappa shape index (κ2) is 5.43. The molecule has 1 aromatic rings. The van der Waals surface area contributed by atoms with E-state index in [9.17, 15) is 0 Å². The highest BCUT2D eigenvalue weighted by Gasteiger charge is 2.22. The van der Waals surface area contributed by atoms with Gasteiger partial charge >= 0.3 is 0 Å². The molecule has 1 aliphatic heterocycles. The lowest BCUT2D eigenvalue weighted by Crippen LogP contribution is -2.05. The number of halogens is 1. The van der Waals surface area contributed by atoms with E-state index < -0.39 is 0 Å². The molecule has 0 aromatic heterocycles. The van der Waals surface area contributed by atoms with E-state index in [1.807, 2.05) is 0 Å². The van der Waals surface area contributed by atoms with Crippen molar-refractivity contribution in [1.29, 1.82) is 0 Å². The Morgan fingerprint density at radius 3 is 2.71 bits per heavy atom. The van der Waals surface area contributed by atoms with E-state index in [0.29, 0.717) is 16.8 Å². The Bertz CT molecular complexity index is 385. The molecule has 2 atom stereocenters. The molecule has 0 radical (unpaired) electrons. The molecule has 2 unspecified atom stereocenters. The summed E-state index contributed by atoms with van der Waals surface area (Å²) in [6.45, 7) is 6.66. The third-order valence-electron chi connectivity index (χ3n) is 3.70. The standard InChI is InChI=1S/C15H21BrO/c1-4-11(5-2)15(16)12-6-7-14-13(9-12)8-10(3)17-14/h6-7,9-11,15H,4-5,8H2,1-3H3. The molecule has 0 amide bonds. The van der Waals surface area contributed by atoms with Crippen LogP contribution in [0, 0.1) is 5.92 Å². The van der Waals surface area contributed by atoms with Crippen molar-refractivity contribution in [1.82, 2.24) is 0 Å². The highest BCUT2D eigenvalue weighted by atomic mass is 79.9. The number of hydrogen-bond donors (Lipinski definition) is 0. The molecule has 0 N–H and O–H groups in total. The van der Waals surface area contributed by atoms with Crippen LogP contribution in [0.15, 0.2) is 18.2 Å². The van der Waals surface area contributed by atoms with E-state index >= 15 is 0 Å². The fourth-order valence-corrected chi connectivity index (χ4v) is 3.62. The van der Waals surface area contributed by atoms with E-state index in [4.69, 9.17) is 4.74 Å². The predicted molar refractivity (Wildman–Crippen MR) is 76.0 cm³/mol. The number of hydrogen-bond acceptors (Lipinski definition) is 1. The van der Waals surface area contributed by atoms with Gasteiger partial charge in [-0.05, 0) is 30.0 Å². The van der Waals surface area contributed by atoms with Crippen molar-refractivity contribution < 1.29 is 4.74 Å². The molecular weight excluding hydrogens is 276 g/mol. The smallest absolute Gasteiger partial charge is 0.123 e. The van der Waals surface area contributed by atoms with Gasteiger partial charge in [-0.15, -0.1) is 0 Å². The van der Waals surface area contributed by atoms with E-state index in [1.54, 1.807) is 0 Å². The van der Waals surface area contributed by atoms with Crippen molar-refractivity contribution in [3.8, 4) is 5.75 Å². The first kappa shape index (κ1) is 12.9. The maximum absolute atomic E-state index is 5.74. The summed E-state index contributed by atoms with van der Waals surface area (Å²) in [5, 5.41) is 0. The van der Waals surface area contributed by atoms with E-state index in [1.165, 1.54) is 24.0 Å². The van der Waals surface area contributed by atoms with E-state index in [0.717, 1.165) is 12.2 Å². The van der Waals surface area contributed by atoms with Crippen molar-refractivity contribution in [2.75, 3.05) is 0 Å². The van der Waals surface area contributed by atoms with Crippen molar-refractivity contribution >= 4 is 15.9 Å². The highest BCUT2D eigenvalue weighted by molar-refractivity contribution is 9.09. The summed E-state index contributed by atoms with van der Waals surface area (Å²) in [5.74, 6) is 1.79. The van der Waals surface area contributed by atoms with Crippen molar-refractivity contribution in [3.05, 3.63) is 29.3 Å². The van der Waals surface area contributed by atoms with Crippen LogP contribution in [0.1, 0.15) is 49.6 Å². The molecule has 0 spiro atoms. The molecule has 94 valence electrons. The average Bonchev–Trinajstić information content (AvgIpc) is 2.69. The van der Waals surface area contributed by atoms with E-state index in [-0.39, 0.29) is 0 Å². The van der Waals surface area contributed by atoms with Gasteiger partial charge < -0.3 is 4.74 Å². The summed E-state index contributed by atoms with van der Waals surface area (Å²) in [6.07, 6.45) is 3.82. The zero-order valence-corrected chi connectivity index (χ0v) is 12.5. The van der Waals surface area contributed by atoms with Crippen LogP contribution in [0.3, 0.4) is 0 Å². The average molecular weight is 297 g/mol. The predicted octanol–water partition coefficient (Wildman–Crippen LogP) is 4.88. The van der Waals surface area contributed by atoms with Gasteiger partial charge in [0, 0.05) is 11.2 Å². The quantitative estimate of drug-likeness (QED) is 0.720. The van der Waals surface area contributed by atoms with Crippen LogP contribution in [0.4, 0.5) is 0 Å². The van der Waals surface area contributed by atoms with Crippen LogP contribution in [-0.4, -0.2) is 6.10 Å². The Balaban J connectivity index is 2.20. The van der Waals surface area contributed by atoms with Crippen LogP contribution in [0.25, 0.3) is 0 Å². The second-order valence-corrected chi connectivity index (χ2v) is 5.96. The minimum atomic E-state index is 0.335. The Kier molecular flexibility index (Phi) is 4.13. The van der Waals surface area contributed by atoms with Crippen LogP contribution >= 0.6 is 15.9 Å². The molecule has 0 bridgehead atoms. The normalized spacial score (nSPS) is 20.2. The SMILES string of the molecule is CCC(CC)C(Br)c1ccc2c(c1)CC(C)O2. The summed E-state index contributed by atoms with van der Waals surface area (Å²) in [5.41, 5.74) is 2.76. The Labute approximate surface area is 113 Å². The molecule has 0 saturated heterocycles. The molecule has 2 rings (SSSR count). The first-order valence-corrected chi connectivity index (χ1v) is 7.50. The van der Waals surface area contributed by atoms with Crippen LogP contribution in [-0.2, 0) is 6.42 Å². The van der Waals surface area contributed by atoms with Gasteiger partial charge in [-0.3, -0.25) is 0 Å². The highest BCUT2D eigenvalue weighted by Crippen LogP contribution is 2.38. The van der Waals surface area contributed by atoms with Gasteiger partial charge in [-0.2, -0.15) is 0 Å². The Morgan fingerprint density at radius 1 is 1.35 bits per heavy atom. The van der Waals surface area contributed by atoms with Crippen LogP contribution < -0.4 is 4.74 Å². The van der Waals surface area contributed by atoms with Crippen LogP contribution in [0.5, 0.6) is 5.75 Å². The minimum absolute atomic E-state index is 0.335. The largest absolute Gasteiger partial charge is 0.490 e. The second-order valence-electron chi connectivity index (χ2n) is 4.98. The molecule has 0 saturated carbocycles. The molecule has 17 heavy (non-hydrogen) atoms. The van der Waals surface area contributed by atoms with Crippen molar-refractivity contribution in [3.63, 3.8) is 0 Å². The van der Waals surface area contributed by atoms with Crippen LogP contribution in [0.2, 0.25) is 0 Å². The van der Waals surface area contributed by atoms with Gasteiger partial charge in [-0.25, -0.2) is 0 Å². The van der Waals surface area contributed by atoms with Gasteiger partial charge in [0.2, 0.25) is 0 Å². The molecule has 1 aromatic carbocycles. The first-order valence-electron chi connectivity index (χ1n) is 6.59. The first-order chi connectivity index (χ1) is 8.15. The third kappa shape index (κ3) is 2.67. The van der Waals surface area contributed by atoms with Crippen molar-refractivity contribution in [2.24, 2.45) is 5.92 Å². The summed E-state index contributed by atoms with van der Waals surface area (Å²) in [4.78, 5) is 0.471. The number of ether oxygens (including phenoxy) is 1. The number of fused-ring (bicyclic) bond motifs is 1. The maximum atomic E-state index is 5.74. The summed E-state index contributed by atoms with van der Waals surface area (Å²) >= 11 is 3.86. The Morgan fingerprint density at radius 2 is 2.06 bits per heavy atom. The zero-order chi connectivity index (χ0) is 12.4. The van der Waals surface area contributed by atoms with Gasteiger partial charge in [0.15, 0.2) is 0 Å². The molecule has 1 nitrogen and oxygen atoms in total. The maximum Gasteiger partial charge on any atom is 0.123 e. The lowest BCUT2D eigenvalue weighted by Gasteiger charge is -2.20. The third-order valence-corrected chi connectivity index (χ3v) is 4.98. The molecule has 0 aliphatic carbocycles. The molecule has 1 heterocycles. The fraction of sp³-hybridized carbons (Fsp3) is 0.600. The lowest BCUT2D eigenvalue weighted by atomic mass is 9.93. The number of rotatable bonds is 4. The number of benzene rings is 1. The Hall–Kier alpha value is -0.500. The van der Waals surface area contributed by atoms with E-state index in [2.05, 4.69) is 54.9 Å². The topological polar surface area (TPSA) is 9.23 Å². The molecule has 2 heteroatoms. The van der Waals surface area contributed by atoms with Crippen molar-refractivity contribution in [2.45, 2.75) is 51.0 Å². The van der Waals surface area contributed by atoms with Gasteiger partial charge in [0.25, 0.3) is 0 Å². The monoisotopic (exact) mass is 296 g/mol.